The second-order valence-corrected chi connectivity index (χ2v) is 8.97. The van der Waals surface area contributed by atoms with Crippen molar-refractivity contribution in [2.24, 2.45) is 5.10 Å². The van der Waals surface area contributed by atoms with E-state index in [2.05, 4.69) is 10.4 Å². The van der Waals surface area contributed by atoms with Crippen LogP contribution in [0, 0.1) is 5.82 Å². The molecule has 6 aromatic rings. The van der Waals surface area contributed by atoms with Crippen molar-refractivity contribution >= 4 is 39.6 Å². The first kappa shape index (κ1) is 24.0. The predicted octanol–water partition coefficient (Wildman–Crippen LogP) is 5.68. The van der Waals surface area contributed by atoms with Crippen molar-refractivity contribution in [1.29, 1.82) is 0 Å². The first-order valence-corrected chi connectivity index (χ1v) is 12.3. The number of fused-ring (bicyclic) bond motifs is 2. The molecule has 8 heteroatoms. The molecule has 0 aliphatic heterocycles. The van der Waals surface area contributed by atoms with Gasteiger partial charge in [-0.15, -0.1) is 0 Å². The Labute approximate surface area is 222 Å². The number of carbonyl (C=O) groups is 1. The summed E-state index contributed by atoms with van der Waals surface area (Å²) >= 11 is 0. The lowest BCUT2D eigenvalue weighted by Crippen LogP contribution is -2.20. The van der Waals surface area contributed by atoms with Crippen molar-refractivity contribution in [3.05, 3.63) is 131 Å². The molecule has 190 valence electrons. The summed E-state index contributed by atoms with van der Waals surface area (Å²) in [7, 11) is 0. The molecule has 39 heavy (non-hydrogen) atoms. The second-order valence-electron chi connectivity index (χ2n) is 8.97. The molecule has 0 bridgehead atoms. The number of nitrogens with zero attached hydrogens (tertiary/aromatic N) is 4. The highest BCUT2D eigenvalue weighted by atomic mass is 19.1. The van der Waals surface area contributed by atoms with Crippen LogP contribution >= 0.6 is 0 Å². The lowest BCUT2D eigenvalue weighted by atomic mass is 10.2. The Balaban J connectivity index is 1.39. The van der Waals surface area contributed by atoms with Crippen LogP contribution in [0.1, 0.15) is 5.56 Å². The van der Waals surface area contributed by atoms with Gasteiger partial charge in [0.25, 0.3) is 5.56 Å². The summed E-state index contributed by atoms with van der Waals surface area (Å²) in [6, 6.07) is 30.0. The Morgan fingerprint density at radius 2 is 1.64 bits per heavy atom. The maximum absolute atomic E-state index is 13.5. The van der Waals surface area contributed by atoms with E-state index in [1.54, 1.807) is 41.2 Å². The summed E-state index contributed by atoms with van der Waals surface area (Å²) in [6.07, 6.45) is 3.41. The fourth-order valence-corrected chi connectivity index (χ4v) is 4.56. The number of aromatic nitrogens is 3. The Kier molecular flexibility index (Phi) is 6.26. The van der Waals surface area contributed by atoms with E-state index in [0.717, 1.165) is 22.0 Å². The third kappa shape index (κ3) is 4.83. The topological polar surface area (TPSA) is 81.3 Å². The molecule has 0 unspecified atom stereocenters. The van der Waals surface area contributed by atoms with Crippen LogP contribution in [0.5, 0.6) is 0 Å². The summed E-state index contributed by atoms with van der Waals surface area (Å²) in [4.78, 5) is 31.0. The normalized spacial score (nSPS) is 11.4. The minimum Gasteiger partial charge on any atom is -0.337 e. The first-order valence-electron chi connectivity index (χ1n) is 12.3. The van der Waals surface area contributed by atoms with Crippen molar-refractivity contribution in [3.63, 3.8) is 0 Å². The van der Waals surface area contributed by atoms with Gasteiger partial charge in [0.1, 0.15) is 12.4 Å². The van der Waals surface area contributed by atoms with Crippen LogP contribution in [0.25, 0.3) is 33.2 Å². The number of amides is 1. The van der Waals surface area contributed by atoms with Crippen LogP contribution in [0.15, 0.2) is 119 Å². The minimum atomic E-state index is -0.425. The van der Waals surface area contributed by atoms with Crippen LogP contribution in [0.2, 0.25) is 0 Å². The number of halogens is 1. The molecule has 6 rings (SSSR count). The number of nitrogens with one attached hydrogen (secondary N) is 1. The van der Waals surface area contributed by atoms with Crippen LogP contribution < -0.4 is 10.9 Å². The number of benzene rings is 4. The summed E-state index contributed by atoms with van der Waals surface area (Å²) in [5.41, 5.74) is 3.00. The molecule has 0 aliphatic carbocycles. The SMILES string of the molecule is O=C(Cn1cc(C=Nn2c(-c3ccccc3)nc3ccccc3c2=O)c2ccccc21)Nc1cccc(F)c1. The van der Waals surface area contributed by atoms with Crippen LogP contribution in [0.3, 0.4) is 0 Å². The number of anilines is 1. The predicted molar refractivity (Wildman–Crippen MR) is 151 cm³/mol. The first-order chi connectivity index (χ1) is 19.1. The third-order valence-corrected chi connectivity index (χ3v) is 6.34. The molecule has 0 saturated heterocycles. The second kappa shape index (κ2) is 10.2. The highest BCUT2D eigenvalue weighted by molar-refractivity contribution is 6.00. The van der Waals surface area contributed by atoms with Crippen LogP contribution in [-0.2, 0) is 11.3 Å². The van der Waals surface area contributed by atoms with E-state index in [4.69, 9.17) is 4.98 Å². The lowest BCUT2D eigenvalue weighted by molar-refractivity contribution is -0.116. The third-order valence-electron chi connectivity index (χ3n) is 6.34. The minimum absolute atomic E-state index is 0.0115. The van der Waals surface area contributed by atoms with Gasteiger partial charge in [-0.1, -0.05) is 66.7 Å². The van der Waals surface area contributed by atoms with E-state index in [0.29, 0.717) is 22.4 Å². The lowest BCUT2D eigenvalue weighted by Gasteiger charge is -2.09. The standard InChI is InChI=1S/C31H22FN5O2/c32-23-11-8-12-24(17-23)34-29(38)20-36-19-22(25-13-5-7-16-28(25)36)18-33-37-30(21-9-2-1-3-10-21)35-27-15-6-4-14-26(27)31(37)39/h1-19H,20H2,(H,34,38). The molecule has 2 heterocycles. The number of hydrogen-bond acceptors (Lipinski definition) is 4. The van der Waals surface area contributed by atoms with E-state index in [1.807, 2.05) is 60.7 Å². The molecule has 0 saturated carbocycles. The van der Waals surface area contributed by atoms with Gasteiger partial charge in [0.2, 0.25) is 5.91 Å². The maximum atomic E-state index is 13.5. The van der Waals surface area contributed by atoms with Crippen molar-refractivity contribution < 1.29 is 9.18 Å². The summed E-state index contributed by atoms with van der Waals surface area (Å²) in [6.45, 7) is 0.0115. The Morgan fingerprint density at radius 1 is 0.897 bits per heavy atom. The van der Waals surface area contributed by atoms with Gasteiger partial charge in [-0.3, -0.25) is 9.59 Å². The van der Waals surface area contributed by atoms with E-state index in [-0.39, 0.29) is 18.0 Å². The van der Waals surface area contributed by atoms with Crippen LogP contribution in [-0.4, -0.2) is 26.3 Å². The zero-order valence-corrected chi connectivity index (χ0v) is 20.7. The van der Waals surface area contributed by atoms with Gasteiger partial charge in [-0.05, 0) is 36.4 Å². The van der Waals surface area contributed by atoms with E-state index in [9.17, 15) is 14.0 Å². The molecular formula is C31H22FN5O2. The summed E-state index contributed by atoms with van der Waals surface area (Å²) in [5, 5.41) is 8.64. The molecule has 0 atom stereocenters. The molecule has 0 aliphatic rings. The zero-order chi connectivity index (χ0) is 26.8. The summed E-state index contributed by atoms with van der Waals surface area (Å²) in [5.74, 6) is -0.300. The van der Waals surface area contributed by atoms with Crippen molar-refractivity contribution in [1.82, 2.24) is 14.2 Å². The van der Waals surface area contributed by atoms with Gasteiger partial charge >= 0.3 is 0 Å². The molecule has 1 N–H and O–H groups in total. The monoisotopic (exact) mass is 515 g/mol. The fraction of sp³-hybridized carbons (Fsp3) is 0.0323. The quantitative estimate of drug-likeness (QED) is 0.290. The van der Waals surface area contributed by atoms with Gasteiger partial charge in [-0.25, -0.2) is 9.37 Å². The average molecular weight is 516 g/mol. The number of para-hydroxylation sites is 2. The van der Waals surface area contributed by atoms with E-state index >= 15 is 0 Å². The van der Waals surface area contributed by atoms with Gasteiger partial charge in [0, 0.05) is 33.9 Å². The number of hydrogen-bond donors (Lipinski definition) is 1. The Bertz CT molecular complexity index is 1930. The molecule has 2 aromatic heterocycles. The molecule has 0 spiro atoms. The van der Waals surface area contributed by atoms with Gasteiger partial charge < -0.3 is 9.88 Å². The molecule has 1 amide bonds. The van der Waals surface area contributed by atoms with Gasteiger partial charge in [0.05, 0.1) is 17.1 Å². The largest absolute Gasteiger partial charge is 0.337 e. The number of carbonyl (C=O) groups excluding carboxylic acids is 1. The molecular weight excluding hydrogens is 493 g/mol. The molecule has 4 aromatic carbocycles. The zero-order valence-electron chi connectivity index (χ0n) is 20.7. The smallest absolute Gasteiger partial charge is 0.282 e. The van der Waals surface area contributed by atoms with Crippen molar-refractivity contribution in [2.45, 2.75) is 6.54 Å². The fourth-order valence-electron chi connectivity index (χ4n) is 4.56. The highest BCUT2D eigenvalue weighted by Gasteiger charge is 2.14. The van der Waals surface area contributed by atoms with E-state index in [1.165, 1.54) is 22.9 Å². The average Bonchev–Trinajstić information content (AvgIpc) is 3.30. The molecule has 0 fully saturated rings. The Morgan fingerprint density at radius 3 is 2.46 bits per heavy atom. The highest BCUT2D eigenvalue weighted by Crippen LogP contribution is 2.22. The van der Waals surface area contributed by atoms with Gasteiger partial charge in [0.15, 0.2) is 5.82 Å². The summed E-state index contributed by atoms with van der Waals surface area (Å²) < 4.78 is 16.6. The van der Waals surface area contributed by atoms with Crippen LogP contribution in [0.4, 0.5) is 10.1 Å². The maximum Gasteiger partial charge on any atom is 0.282 e. The molecule has 7 nitrogen and oxygen atoms in total. The molecule has 0 radical (unpaired) electrons. The van der Waals surface area contributed by atoms with Gasteiger partial charge in [-0.2, -0.15) is 9.78 Å². The van der Waals surface area contributed by atoms with Crippen molar-refractivity contribution in [2.75, 3.05) is 5.32 Å². The van der Waals surface area contributed by atoms with E-state index < -0.39 is 5.82 Å². The Hall–Kier alpha value is -5.37. The van der Waals surface area contributed by atoms with Crippen molar-refractivity contribution in [3.8, 4) is 11.4 Å². The number of rotatable bonds is 6.